The molecule has 0 N–H and O–H groups in total. The van der Waals surface area contributed by atoms with E-state index >= 15 is 0 Å². The van der Waals surface area contributed by atoms with Gasteiger partial charge in [-0.05, 0) is 128 Å². The molecule has 2 unspecified atom stereocenters. The fourth-order valence-electron chi connectivity index (χ4n) is 9.07. The fourth-order valence-corrected chi connectivity index (χ4v) is 10.1. The zero-order valence-electron chi connectivity index (χ0n) is 42.7. The van der Waals surface area contributed by atoms with E-state index in [1.165, 1.54) is 0 Å². The second kappa shape index (κ2) is 20.9. The monoisotopic (exact) mass is 1020 g/mol. The number of benzene rings is 1. The number of fused-ring (bicyclic) bond motifs is 3. The molecule has 2 aromatic heterocycles. The molecule has 374 valence electrons. The van der Waals surface area contributed by atoms with Crippen molar-refractivity contribution in [2.24, 2.45) is 5.41 Å². The Morgan fingerprint density at radius 3 is 2.26 bits per heavy atom. The first-order valence-electron chi connectivity index (χ1n) is 24.0. The van der Waals surface area contributed by atoms with Crippen molar-refractivity contribution >= 4 is 64.7 Å². The normalized spacial score (nSPS) is 19.7. The van der Waals surface area contributed by atoms with E-state index in [-0.39, 0.29) is 43.9 Å². The van der Waals surface area contributed by atoms with E-state index in [4.69, 9.17) is 33.4 Å². The Balaban J connectivity index is 1.35. The number of hydrogen-bond acceptors (Lipinski definition) is 11. The van der Waals surface area contributed by atoms with Crippen molar-refractivity contribution in [3.05, 3.63) is 57.8 Å². The highest BCUT2D eigenvalue weighted by Crippen LogP contribution is 2.43. The molecule has 3 amide bonds. The minimum atomic E-state index is -1.39. The molecule has 17 heteroatoms. The van der Waals surface area contributed by atoms with E-state index < -0.39 is 48.9 Å². The van der Waals surface area contributed by atoms with Crippen LogP contribution in [0.25, 0.3) is 27.7 Å². The van der Waals surface area contributed by atoms with Gasteiger partial charge in [-0.25, -0.2) is 24.2 Å². The highest BCUT2D eigenvalue weighted by atomic mass is 79.9. The Morgan fingerprint density at radius 2 is 1.63 bits per heavy atom. The van der Waals surface area contributed by atoms with Crippen molar-refractivity contribution in [2.45, 2.75) is 163 Å². The van der Waals surface area contributed by atoms with Crippen LogP contribution in [-0.4, -0.2) is 126 Å². The quantitative estimate of drug-likeness (QED) is 0.0914. The lowest BCUT2D eigenvalue weighted by Gasteiger charge is -2.44. The highest BCUT2D eigenvalue weighted by Gasteiger charge is 2.45. The number of pyridine rings is 1. The number of carbonyl (C=O) groups excluding carboxylic acids is 4. The highest BCUT2D eigenvalue weighted by molar-refractivity contribution is 9.10. The van der Waals surface area contributed by atoms with E-state index in [9.17, 15) is 19.2 Å². The van der Waals surface area contributed by atoms with Crippen molar-refractivity contribution in [2.75, 3.05) is 40.1 Å². The average molecular weight is 1030 g/mol. The number of hydrazine groups is 1. The third kappa shape index (κ3) is 12.7. The topological polar surface area (TPSA) is 151 Å². The predicted molar refractivity (Wildman–Crippen MR) is 269 cm³/mol. The van der Waals surface area contributed by atoms with Crippen molar-refractivity contribution in [3.63, 3.8) is 0 Å². The number of esters is 1. The van der Waals surface area contributed by atoms with Gasteiger partial charge < -0.3 is 33.0 Å². The molecular formula is C51H74BrN5O10Si. The SMILES string of the molecule is CCn1c(-c2cc(C3=CC4COCC(C3)N4C(=O)OCC[Si](C)(C)C)cnc2[C@H](C)OC)c(CC(C)(C)COC(=O)[C@@H]2CCCN(C(=O)OC(C)(C)C)N2C(=O)OC(C)(C)C)c2cc(Br)ccc21. The third-order valence-electron chi connectivity index (χ3n) is 12.3. The summed E-state index contributed by atoms with van der Waals surface area (Å²) in [5.74, 6) is -0.640. The number of nitrogens with zero attached hydrogens (tertiary/aromatic N) is 5. The molecule has 0 spiro atoms. The Morgan fingerprint density at radius 1 is 0.941 bits per heavy atom. The van der Waals surface area contributed by atoms with E-state index in [0.717, 1.165) is 65.1 Å². The van der Waals surface area contributed by atoms with E-state index in [1.807, 2.05) is 24.1 Å². The molecule has 2 bridgehead atoms. The molecule has 0 saturated carbocycles. The number of rotatable bonds is 13. The van der Waals surface area contributed by atoms with Crippen molar-refractivity contribution in [1.82, 2.24) is 24.5 Å². The Labute approximate surface area is 412 Å². The van der Waals surface area contributed by atoms with Crippen LogP contribution in [0.1, 0.15) is 111 Å². The first-order chi connectivity index (χ1) is 31.7. The number of carbonyl (C=O) groups is 4. The second-order valence-electron chi connectivity index (χ2n) is 22.3. The van der Waals surface area contributed by atoms with Crippen LogP contribution in [0.15, 0.2) is 41.0 Å². The lowest BCUT2D eigenvalue weighted by Crippen LogP contribution is -2.61. The number of amides is 3. The third-order valence-corrected chi connectivity index (χ3v) is 14.5. The maximum atomic E-state index is 14.3. The Hall–Kier alpha value is -4.45. The van der Waals surface area contributed by atoms with Crippen molar-refractivity contribution in [1.29, 1.82) is 0 Å². The number of methoxy groups -OCH3 is 1. The van der Waals surface area contributed by atoms with E-state index in [1.54, 1.807) is 48.7 Å². The van der Waals surface area contributed by atoms with Gasteiger partial charge in [0.15, 0.2) is 6.04 Å². The molecule has 1 aromatic carbocycles. The van der Waals surface area contributed by atoms with Crippen LogP contribution in [0.5, 0.6) is 0 Å². The first kappa shape index (κ1) is 52.9. The lowest BCUT2D eigenvalue weighted by molar-refractivity contribution is -0.164. The molecule has 15 nitrogen and oxygen atoms in total. The molecule has 0 radical (unpaired) electrons. The fraction of sp³-hybridized carbons (Fsp3) is 0.627. The lowest BCUT2D eigenvalue weighted by atomic mass is 9.83. The summed E-state index contributed by atoms with van der Waals surface area (Å²) in [6.45, 7) is 27.5. The van der Waals surface area contributed by atoms with Crippen LogP contribution < -0.4 is 0 Å². The molecular weight excluding hydrogens is 951 g/mol. The Kier molecular flexibility index (Phi) is 16.2. The number of aryl methyl sites for hydroxylation is 1. The van der Waals surface area contributed by atoms with Gasteiger partial charge in [0.05, 0.1) is 56.0 Å². The largest absolute Gasteiger partial charge is 0.464 e. The smallest absolute Gasteiger partial charge is 0.430 e. The summed E-state index contributed by atoms with van der Waals surface area (Å²) in [5, 5.41) is 3.27. The maximum Gasteiger partial charge on any atom is 0.430 e. The summed E-state index contributed by atoms with van der Waals surface area (Å²) >= 11 is 3.75. The summed E-state index contributed by atoms with van der Waals surface area (Å²) in [7, 11) is 0.295. The molecule has 3 aliphatic heterocycles. The van der Waals surface area contributed by atoms with Crippen molar-refractivity contribution < 1.29 is 47.6 Å². The van der Waals surface area contributed by atoms with Crippen LogP contribution in [0.3, 0.4) is 0 Å². The molecule has 0 aliphatic carbocycles. The molecule has 3 aromatic rings. The van der Waals surface area contributed by atoms with Crippen LogP contribution in [0.4, 0.5) is 14.4 Å². The van der Waals surface area contributed by atoms with Gasteiger partial charge in [0, 0.05) is 60.8 Å². The summed E-state index contributed by atoms with van der Waals surface area (Å²) in [6, 6.07) is 7.83. The minimum absolute atomic E-state index is 0.0115. The first-order valence-corrected chi connectivity index (χ1v) is 28.5. The van der Waals surface area contributed by atoms with Gasteiger partial charge in [-0.1, -0.05) is 55.5 Å². The van der Waals surface area contributed by atoms with Crippen molar-refractivity contribution in [3.8, 4) is 11.3 Å². The number of hydrogen-bond donors (Lipinski definition) is 0. The molecule has 2 saturated heterocycles. The van der Waals surface area contributed by atoms with E-state index in [0.29, 0.717) is 45.6 Å². The van der Waals surface area contributed by atoms with E-state index in [2.05, 4.69) is 85.2 Å². The second-order valence-corrected chi connectivity index (χ2v) is 28.8. The maximum absolute atomic E-state index is 14.3. The van der Waals surface area contributed by atoms with Gasteiger partial charge in [0.1, 0.15) is 11.2 Å². The number of morpholine rings is 1. The Bertz CT molecular complexity index is 2380. The summed E-state index contributed by atoms with van der Waals surface area (Å²) < 4.78 is 38.6. The summed E-state index contributed by atoms with van der Waals surface area (Å²) in [5.41, 5.74) is 4.44. The van der Waals surface area contributed by atoms with Crippen LogP contribution in [-0.2, 0) is 46.2 Å². The molecule has 68 heavy (non-hydrogen) atoms. The van der Waals surface area contributed by atoms with Crippen LogP contribution >= 0.6 is 15.9 Å². The standard InChI is InChI=1S/C51H74BrN5O10Si/c1-15-54-41-19-18-35(52)26-38(41)40(27-51(9,10)31-65-45(58)42-17-16-20-55(46(59)66-49(3,4)5)57(42)48(61)67-50(6,7)8)44(54)39-25-34(28-53-43(39)32(2)62-11)33-23-36-29-63-30-37(24-33)56(36)47(60)64-21-22-68(12,13)14/h18-19,23,25-26,28,32,36-37,42H,15-17,20-22,24,27,29-31H2,1-14H3/t32-,36?,37?,42-/m0/s1. The van der Waals surface area contributed by atoms with Gasteiger partial charge in [-0.3, -0.25) is 9.88 Å². The average Bonchev–Trinajstić information content (AvgIpc) is 3.53. The molecule has 3 aliphatic rings. The zero-order valence-corrected chi connectivity index (χ0v) is 45.3. The van der Waals surface area contributed by atoms with Gasteiger partial charge in [-0.15, -0.1) is 0 Å². The predicted octanol–water partition coefficient (Wildman–Crippen LogP) is 11.2. The van der Waals surface area contributed by atoms with Gasteiger partial charge >= 0.3 is 24.2 Å². The zero-order chi connectivity index (χ0) is 50.1. The number of aromatic nitrogens is 2. The molecule has 5 heterocycles. The summed E-state index contributed by atoms with van der Waals surface area (Å²) in [6.07, 6.45) is 3.60. The minimum Gasteiger partial charge on any atom is -0.464 e. The molecule has 6 rings (SSSR count). The van der Waals surface area contributed by atoms with Crippen LogP contribution in [0, 0.1) is 5.41 Å². The van der Waals surface area contributed by atoms with Crippen LogP contribution in [0.2, 0.25) is 25.7 Å². The molecule has 4 atom stereocenters. The van der Waals surface area contributed by atoms with Gasteiger partial charge in [0.25, 0.3) is 0 Å². The number of ether oxygens (including phenoxy) is 6. The molecule has 2 fully saturated rings. The number of halogens is 1. The summed E-state index contributed by atoms with van der Waals surface area (Å²) in [4.78, 5) is 62.0. The van der Waals surface area contributed by atoms with Gasteiger partial charge in [0.2, 0.25) is 0 Å². The van der Waals surface area contributed by atoms with Gasteiger partial charge in [-0.2, -0.15) is 5.01 Å².